The van der Waals surface area contributed by atoms with Crippen LogP contribution in [0.25, 0.3) is 0 Å². The molecule has 16 heteroatoms. The molecule has 14 nitrogen and oxygen atoms in total. The first-order valence-corrected chi connectivity index (χ1v) is 26.9. The molecule has 0 saturated carbocycles. The SMILES string of the molecule is CCCCCC(=O)/C=C/C=C\CCCCCCCC(=O)O[C@H](COC(=O)CCCCCCCCCCCCCCCCCCC(C)C)COP(=O)(O)OC[C@@H](O)COP(=O)(O)O. The van der Waals surface area contributed by atoms with Crippen molar-refractivity contribution in [3.05, 3.63) is 24.3 Å². The molecule has 0 bridgehead atoms. The quantitative estimate of drug-likeness (QED) is 0.0147. The lowest BCUT2D eigenvalue weighted by atomic mass is 10.0. The van der Waals surface area contributed by atoms with Crippen molar-refractivity contribution < 1.29 is 66.3 Å². The molecule has 0 saturated heterocycles. The van der Waals surface area contributed by atoms with Crippen LogP contribution in [0.3, 0.4) is 0 Å². The molecule has 0 fully saturated rings. The van der Waals surface area contributed by atoms with Gasteiger partial charge in [-0.15, -0.1) is 0 Å². The van der Waals surface area contributed by atoms with Crippen molar-refractivity contribution in [2.75, 3.05) is 26.4 Å². The maximum absolute atomic E-state index is 12.7. The largest absolute Gasteiger partial charge is 0.472 e. The van der Waals surface area contributed by atoms with Crippen molar-refractivity contribution in [2.24, 2.45) is 5.92 Å². The van der Waals surface area contributed by atoms with Crippen LogP contribution in [0.15, 0.2) is 24.3 Å². The van der Waals surface area contributed by atoms with Gasteiger partial charge in [0.1, 0.15) is 12.7 Å². The Kier molecular flexibility index (Phi) is 39.6. The zero-order chi connectivity index (χ0) is 46.2. The molecule has 0 aromatic rings. The van der Waals surface area contributed by atoms with Crippen LogP contribution in [0.1, 0.15) is 207 Å². The number of ketones is 1. The number of aliphatic hydroxyl groups excluding tert-OH is 1. The number of phosphoric ester groups is 2. The minimum Gasteiger partial charge on any atom is -0.462 e. The highest BCUT2D eigenvalue weighted by Gasteiger charge is 2.28. The second-order valence-corrected chi connectivity index (χ2v) is 19.6. The Morgan fingerprint density at radius 1 is 0.548 bits per heavy atom. The monoisotopic (exact) mass is 925 g/mol. The van der Waals surface area contributed by atoms with Crippen LogP contribution >= 0.6 is 15.6 Å². The van der Waals surface area contributed by atoms with Crippen LogP contribution in [0.2, 0.25) is 0 Å². The summed E-state index contributed by atoms with van der Waals surface area (Å²) < 4.78 is 47.8. The summed E-state index contributed by atoms with van der Waals surface area (Å²) in [5, 5.41) is 9.76. The Morgan fingerprint density at radius 3 is 1.55 bits per heavy atom. The fourth-order valence-electron chi connectivity index (χ4n) is 6.57. The molecule has 0 spiro atoms. The van der Waals surface area contributed by atoms with Gasteiger partial charge >= 0.3 is 27.6 Å². The van der Waals surface area contributed by atoms with E-state index in [1.165, 1.54) is 83.5 Å². The van der Waals surface area contributed by atoms with Crippen LogP contribution in [-0.4, -0.2) is 76.1 Å². The van der Waals surface area contributed by atoms with Crippen molar-refractivity contribution in [2.45, 2.75) is 219 Å². The molecule has 0 aromatic carbocycles. The first kappa shape index (κ1) is 60.3. The van der Waals surface area contributed by atoms with E-state index in [1.807, 2.05) is 12.2 Å². The van der Waals surface area contributed by atoms with E-state index in [-0.39, 0.29) is 18.6 Å². The second kappa shape index (κ2) is 40.8. The van der Waals surface area contributed by atoms with Crippen LogP contribution in [0.4, 0.5) is 0 Å². The fourth-order valence-corrected chi connectivity index (χ4v) is 7.73. The third-order valence-corrected chi connectivity index (χ3v) is 11.7. The third kappa shape index (κ3) is 44.9. The number of ether oxygens (including phenoxy) is 2. The summed E-state index contributed by atoms with van der Waals surface area (Å²) in [7, 11) is -9.70. The van der Waals surface area contributed by atoms with Crippen LogP contribution in [0, 0.1) is 5.92 Å². The molecule has 0 amide bonds. The minimum atomic E-state index is -4.87. The summed E-state index contributed by atoms with van der Waals surface area (Å²) in [5.41, 5.74) is 0. The van der Waals surface area contributed by atoms with Crippen LogP contribution in [-0.2, 0) is 46.6 Å². The van der Waals surface area contributed by atoms with Crippen molar-refractivity contribution in [3.63, 3.8) is 0 Å². The molecule has 0 aliphatic carbocycles. The number of hydrogen-bond acceptors (Lipinski definition) is 11. The summed E-state index contributed by atoms with van der Waals surface area (Å²) in [4.78, 5) is 64.6. The summed E-state index contributed by atoms with van der Waals surface area (Å²) in [6.07, 6.45) is 34.4. The number of phosphoric acid groups is 2. The van der Waals surface area contributed by atoms with E-state index in [0.29, 0.717) is 19.3 Å². The van der Waals surface area contributed by atoms with Gasteiger partial charge < -0.3 is 29.3 Å². The number of carbonyl (C=O) groups excluding carboxylic acids is 3. The number of allylic oxidation sites excluding steroid dienone is 4. The number of aliphatic hydroxyl groups is 1. The van der Waals surface area contributed by atoms with E-state index >= 15 is 0 Å². The number of esters is 2. The number of unbranched alkanes of at least 4 members (excludes halogenated alkanes) is 22. The normalized spacial score (nSPS) is 14.1. The summed E-state index contributed by atoms with van der Waals surface area (Å²) in [6.45, 7) is 3.92. The third-order valence-electron chi connectivity index (χ3n) is 10.2. The molecule has 3 atom stereocenters. The standard InChI is InChI=1S/C46H86O14P2/c1-4-5-27-33-42(47)34-29-24-20-16-14-18-22-26-31-36-46(50)60-44(40-59-62(54,55)58-38-43(48)37-57-61(51,52)53)39-56-45(49)35-30-25-21-17-13-11-9-7-6-8-10-12-15-19-23-28-32-41(2)3/h20,24,29,34,41,43-44,48H,4-19,21-23,25-28,30-33,35-40H2,1-3H3,(H,54,55)(H2,51,52,53)/b24-20-,34-29+/t43-,44+/m0/s1. The van der Waals surface area contributed by atoms with E-state index in [4.69, 9.17) is 23.8 Å². The van der Waals surface area contributed by atoms with Gasteiger partial charge in [-0.3, -0.25) is 28.0 Å². The molecule has 0 radical (unpaired) electrons. The molecule has 62 heavy (non-hydrogen) atoms. The van der Waals surface area contributed by atoms with E-state index < -0.39 is 66.2 Å². The van der Waals surface area contributed by atoms with Crippen LogP contribution < -0.4 is 0 Å². The molecule has 4 N–H and O–H groups in total. The Labute approximate surface area is 374 Å². The summed E-state index contributed by atoms with van der Waals surface area (Å²) in [5.74, 6) is -0.117. The van der Waals surface area contributed by atoms with Crippen molar-refractivity contribution in [1.82, 2.24) is 0 Å². The summed E-state index contributed by atoms with van der Waals surface area (Å²) in [6, 6.07) is 0. The van der Waals surface area contributed by atoms with Crippen molar-refractivity contribution >= 4 is 33.4 Å². The first-order valence-electron chi connectivity index (χ1n) is 23.8. The van der Waals surface area contributed by atoms with Gasteiger partial charge in [0.25, 0.3) is 0 Å². The Bertz CT molecular complexity index is 1270. The van der Waals surface area contributed by atoms with Crippen LogP contribution in [0.5, 0.6) is 0 Å². The molecule has 0 aliphatic rings. The van der Waals surface area contributed by atoms with E-state index in [1.54, 1.807) is 12.2 Å². The van der Waals surface area contributed by atoms with Gasteiger partial charge in [-0.1, -0.05) is 174 Å². The van der Waals surface area contributed by atoms with Gasteiger partial charge in [0, 0.05) is 19.3 Å². The lowest BCUT2D eigenvalue weighted by molar-refractivity contribution is -0.161. The average molecular weight is 925 g/mol. The van der Waals surface area contributed by atoms with Gasteiger partial charge in [-0.2, -0.15) is 0 Å². The highest BCUT2D eigenvalue weighted by atomic mass is 31.2. The molecule has 0 aromatic heterocycles. The number of carbonyl (C=O) groups is 3. The zero-order valence-corrected chi connectivity index (χ0v) is 40.4. The van der Waals surface area contributed by atoms with E-state index in [9.17, 15) is 33.5 Å². The van der Waals surface area contributed by atoms with Gasteiger partial charge in [-0.05, 0) is 44.1 Å². The Balaban J connectivity index is 4.47. The predicted molar refractivity (Wildman–Crippen MR) is 244 cm³/mol. The predicted octanol–water partition coefficient (Wildman–Crippen LogP) is 11.7. The molecule has 1 unspecified atom stereocenters. The van der Waals surface area contributed by atoms with E-state index in [2.05, 4.69) is 29.8 Å². The molecule has 0 aliphatic heterocycles. The first-order chi connectivity index (χ1) is 29.6. The second-order valence-electron chi connectivity index (χ2n) is 16.9. The molecule has 0 rings (SSSR count). The van der Waals surface area contributed by atoms with Gasteiger partial charge in [0.05, 0.1) is 19.8 Å². The molecule has 0 heterocycles. The average Bonchev–Trinajstić information content (AvgIpc) is 3.21. The topological polar surface area (TPSA) is 212 Å². The van der Waals surface area contributed by atoms with Crippen molar-refractivity contribution in [3.8, 4) is 0 Å². The molecular formula is C46H86O14P2. The number of rotatable bonds is 45. The van der Waals surface area contributed by atoms with Gasteiger partial charge in [0.15, 0.2) is 11.9 Å². The van der Waals surface area contributed by atoms with Crippen molar-refractivity contribution in [1.29, 1.82) is 0 Å². The molecule has 364 valence electrons. The Morgan fingerprint density at radius 2 is 1.02 bits per heavy atom. The van der Waals surface area contributed by atoms with E-state index in [0.717, 1.165) is 76.5 Å². The lowest BCUT2D eigenvalue weighted by Gasteiger charge is -2.20. The summed E-state index contributed by atoms with van der Waals surface area (Å²) >= 11 is 0. The minimum absolute atomic E-state index is 0.0827. The number of hydrogen-bond donors (Lipinski definition) is 4. The Hall–Kier alpha value is -1.73. The smallest absolute Gasteiger partial charge is 0.462 e. The molecular weight excluding hydrogens is 838 g/mol. The fraction of sp³-hybridized carbons (Fsp3) is 0.848. The lowest BCUT2D eigenvalue weighted by Crippen LogP contribution is -2.30. The van der Waals surface area contributed by atoms with Gasteiger partial charge in [0.2, 0.25) is 0 Å². The maximum atomic E-state index is 12.7. The maximum Gasteiger partial charge on any atom is 0.472 e. The van der Waals surface area contributed by atoms with Gasteiger partial charge in [-0.25, -0.2) is 9.13 Å². The zero-order valence-electron chi connectivity index (χ0n) is 38.6. The highest BCUT2D eigenvalue weighted by Crippen LogP contribution is 2.43. The highest BCUT2D eigenvalue weighted by molar-refractivity contribution is 7.47.